The SMILES string of the molecule is CCOC(=O)/C=N/N(C(C)=C(C)C)c1ccc(Cl)cc1Cl. The molecule has 0 aromatic heterocycles. The highest BCUT2D eigenvalue weighted by Gasteiger charge is 2.13. The minimum Gasteiger partial charge on any atom is -0.462 e. The maximum atomic E-state index is 11.4. The zero-order valence-electron chi connectivity index (χ0n) is 12.5. The number of anilines is 1. The predicted octanol–water partition coefficient (Wildman–Crippen LogP) is 4.66. The van der Waals surface area contributed by atoms with Gasteiger partial charge in [0.25, 0.3) is 0 Å². The van der Waals surface area contributed by atoms with Crippen molar-refractivity contribution < 1.29 is 9.53 Å². The molecule has 0 N–H and O–H groups in total. The molecule has 0 heterocycles. The van der Waals surface area contributed by atoms with Crippen molar-refractivity contribution >= 4 is 41.1 Å². The maximum Gasteiger partial charge on any atom is 0.351 e. The number of hydrogen-bond acceptors (Lipinski definition) is 4. The number of carbonyl (C=O) groups excluding carboxylic acids is 1. The first-order chi connectivity index (χ1) is 9.86. The molecule has 4 nitrogen and oxygen atoms in total. The zero-order valence-corrected chi connectivity index (χ0v) is 14.0. The van der Waals surface area contributed by atoms with E-state index in [0.717, 1.165) is 17.5 Å². The number of carbonyl (C=O) groups is 1. The third-order valence-electron chi connectivity index (χ3n) is 2.74. The highest BCUT2D eigenvalue weighted by Crippen LogP contribution is 2.31. The lowest BCUT2D eigenvalue weighted by Gasteiger charge is -2.22. The van der Waals surface area contributed by atoms with Crippen LogP contribution in [0.15, 0.2) is 34.6 Å². The van der Waals surface area contributed by atoms with Gasteiger partial charge in [0.2, 0.25) is 0 Å². The summed E-state index contributed by atoms with van der Waals surface area (Å²) in [6.45, 7) is 7.83. The van der Waals surface area contributed by atoms with Crippen molar-refractivity contribution in [3.63, 3.8) is 0 Å². The number of nitrogens with zero attached hydrogens (tertiary/aromatic N) is 2. The predicted molar refractivity (Wildman–Crippen MR) is 88.1 cm³/mol. The van der Waals surface area contributed by atoms with Crippen molar-refractivity contribution in [1.29, 1.82) is 0 Å². The van der Waals surface area contributed by atoms with Gasteiger partial charge in [0.15, 0.2) is 0 Å². The minimum absolute atomic E-state index is 0.300. The standard InChI is InChI=1S/C15H18Cl2N2O2/c1-5-21-15(20)9-18-19(11(4)10(2)3)14-7-6-12(16)8-13(14)17/h6-9H,5H2,1-4H3/b18-9+. The van der Waals surface area contributed by atoms with Crippen LogP contribution in [0.1, 0.15) is 27.7 Å². The van der Waals surface area contributed by atoms with Crippen molar-refractivity contribution in [2.45, 2.75) is 27.7 Å². The molecule has 0 fully saturated rings. The molecule has 0 aliphatic carbocycles. The van der Waals surface area contributed by atoms with Gasteiger partial charge in [-0.25, -0.2) is 9.80 Å². The van der Waals surface area contributed by atoms with Crippen LogP contribution in [0.5, 0.6) is 0 Å². The molecule has 0 saturated carbocycles. The lowest BCUT2D eigenvalue weighted by atomic mass is 10.2. The van der Waals surface area contributed by atoms with Gasteiger partial charge in [-0.15, -0.1) is 0 Å². The Hall–Kier alpha value is -1.52. The molecule has 0 amide bonds. The van der Waals surface area contributed by atoms with Gasteiger partial charge in [0.05, 0.1) is 17.3 Å². The van der Waals surface area contributed by atoms with E-state index in [-0.39, 0.29) is 0 Å². The second-order valence-corrected chi connectivity index (χ2v) is 5.33. The Morgan fingerprint density at radius 1 is 1.33 bits per heavy atom. The maximum absolute atomic E-state index is 11.4. The van der Waals surface area contributed by atoms with Crippen molar-refractivity contribution in [2.24, 2.45) is 5.10 Å². The number of ether oxygens (including phenoxy) is 1. The van der Waals surface area contributed by atoms with Crippen molar-refractivity contribution in [3.05, 3.63) is 39.5 Å². The van der Waals surface area contributed by atoms with E-state index < -0.39 is 5.97 Å². The third kappa shape index (κ3) is 5.06. The van der Waals surface area contributed by atoms with Crippen LogP contribution < -0.4 is 5.01 Å². The molecule has 6 heteroatoms. The highest BCUT2D eigenvalue weighted by molar-refractivity contribution is 6.36. The normalized spacial score (nSPS) is 10.6. The summed E-state index contributed by atoms with van der Waals surface area (Å²) in [5, 5.41) is 6.74. The summed E-state index contributed by atoms with van der Waals surface area (Å²) in [7, 11) is 0. The fourth-order valence-electron chi connectivity index (χ4n) is 1.48. The molecule has 21 heavy (non-hydrogen) atoms. The van der Waals surface area contributed by atoms with E-state index in [1.165, 1.54) is 0 Å². The van der Waals surface area contributed by atoms with Crippen LogP contribution in [-0.2, 0) is 9.53 Å². The molecule has 0 bridgehead atoms. The molecule has 1 rings (SSSR count). The van der Waals surface area contributed by atoms with Gasteiger partial charge in [-0.2, -0.15) is 5.10 Å². The Bertz CT molecular complexity index is 579. The average molecular weight is 329 g/mol. The van der Waals surface area contributed by atoms with E-state index >= 15 is 0 Å². The van der Waals surface area contributed by atoms with E-state index in [0.29, 0.717) is 22.3 Å². The first kappa shape index (κ1) is 17.5. The summed E-state index contributed by atoms with van der Waals surface area (Å²) in [6, 6.07) is 5.09. The average Bonchev–Trinajstić information content (AvgIpc) is 2.40. The van der Waals surface area contributed by atoms with E-state index in [4.69, 9.17) is 27.9 Å². The number of allylic oxidation sites excluding steroid dienone is 2. The smallest absolute Gasteiger partial charge is 0.351 e. The summed E-state index contributed by atoms with van der Waals surface area (Å²) >= 11 is 12.1. The number of hydrogen-bond donors (Lipinski definition) is 0. The summed E-state index contributed by atoms with van der Waals surface area (Å²) in [4.78, 5) is 11.4. The summed E-state index contributed by atoms with van der Waals surface area (Å²) in [6.07, 6.45) is 1.13. The second-order valence-electron chi connectivity index (χ2n) is 4.49. The molecule has 114 valence electrons. The van der Waals surface area contributed by atoms with E-state index in [1.807, 2.05) is 20.8 Å². The molecule has 0 spiro atoms. The van der Waals surface area contributed by atoms with E-state index in [2.05, 4.69) is 5.10 Å². The molecular formula is C15H18Cl2N2O2. The van der Waals surface area contributed by atoms with Crippen LogP contribution >= 0.6 is 23.2 Å². The molecule has 1 aromatic carbocycles. The Morgan fingerprint density at radius 3 is 2.52 bits per heavy atom. The molecule has 1 aromatic rings. The fraction of sp³-hybridized carbons (Fsp3) is 0.333. The van der Waals surface area contributed by atoms with E-state index in [9.17, 15) is 4.79 Å². The third-order valence-corrected chi connectivity index (χ3v) is 3.28. The largest absolute Gasteiger partial charge is 0.462 e. The first-order valence-electron chi connectivity index (χ1n) is 6.46. The Morgan fingerprint density at radius 2 is 2.00 bits per heavy atom. The number of rotatable bonds is 5. The first-order valence-corrected chi connectivity index (χ1v) is 7.22. The highest BCUT2D eigenvalue weighted by atomic mass is 35.5. The quantitative estimate of drug-likeness (QED) is 0.448. The van der Waals surface area contributed by atoms with Crippen LogP contribution in [-0.4, -0.2) is 18.8 Å². The van der Waals surface area contributed by atoms with Crippen LogP contribution in [0.3, 0.4) is 0 Å². The fourth-order valence-corrected chi connectivity index (χ4v) is 1.97. The molecule has 0 aliphatic rings. The number of benzene rings is 1. The van der Waals surface area contributed by atoms with Crippen LogP contribution in [0.4, 0.5) is 5.69 Å². The lowest BCUT2D eigenvalue weighted by Crippen LogP contribution is -2.17. The van der Waals surface area contributed by atoms with Crippen molar-refractivity contribution in [1.82, 2.24) is 0 Å². The topological polar surface area (TPSA) is 41.9 Å². The Balaban J connectivity index is 3.21. The monoisotopic (exact) mass is 328 g/mol. The van der Waals surface area contributed by atoms with Crippen LogP contribution in [0, 0.1) is 0 Å². The number of halogens is 2. The van der Waals surface area contributed by atoms with Gasteiger partial charge in [0, 0.05) is 10.7 Å². The summed E-state index contributed by atoms with van der Waals surface area (Å²) in [5.74, 6) is -0.505. The summed E-state index contributed by atoms with van der Waals surface area (Å²) < 4.78 is 4.83. The van der Waals surface area contributed by atoms with Crippen LogP contribution in [0.25, 0.3) is 0 Å². The van der Waals surface area contributed by atoms with Crippen molar-refractivity contribution in [3.8, 4) is 0 Å². The van der Waals surface area contributed by atoms with Gasteiger partial charge in [-0.05, 0) is 45.9 Å². The van der Waals surface area contributed by atoms with Crippen molar-refractivity contribution in [2.75, 3.05) is 11.6 Å². The minimum atomic E-state index is -0.505. The molecule has 0 unspecified atom stereocenters. The molecular weight excluding hydrogens is 311 g/mol. The molecule has 0 aliphatic heterocycles. The number of esters is 1. The molecule has 0 saturated heterocycles. The second kappa shape index (κ2) is 8.05. The van der Waals surface area contributed by atoms with Gasteiger partial charge < -0.3 is 4.74 Å². The Kier molecular flexibility index (Phi) is 6.72. The lowest BCUT2D eigenvalue weighted by molar-refractivity contribution is -0.134. The molecule has 0 atom stereocenters. The van der Waals surface area contributed by atoms with Crippen LogP contribution in [0.2, 0.25) is 10.0 Å². The van der Waals surface area contributed by atoms with Gasteiger partial charge in [-0.3, -0.25) is 0 Å². The Labute approximate surface area is 135 Å². The van der Waals surface area contributed by atoms with Gasteiger partial charge in [0.1, 0.15) is 6.21 Å². The van der Waals surface area contributed by atoms with Gasteiger partial charge in [-0.1, -0.05) is 28.8 Å². The zero-order chi connectivity index (χ0) is 16.0. The summed E-state index contributed by atoms with van der Waals surface area (Å²) in [5.41, 5.74) is 2.54. The number of hydrazone groups is 1. The van der Waals surface area contributed by atoms with Gasteiger partial charge >= 0.3 is 5.97 Å². The molecule has 0 radical (unpaired) electrons. The van der Waals surface area contributed by atoms with E-state index in [1.54, 1.807) is 30.1 Å².